The molecular formula is C18H22N2O3. The Morgan fingerprint density at radius 1 is 1.13 bits per heavy atom. The van der Waals surface area contributed by atoms with Gasteiger partial charge in [0.15, 0.2) is 6.61 Å². The Labute approximate surface area is 136 Å². The van der Waals surface area contributed by atoms with Crippen LogP contribution >= 0.6 is 0 Å². The molecule has 5 nitrogen and oxygen atoms in total. The van der Waals surface area contributed by atoms with Crippen LogP contribution in [0.25, 0.3) is 0 Å². The number of amides is 1. The van der Waals surface area contributed by atoms with Crippen molar-refractivity contribution in [2.75, 3.05) is 6.61 Å². The molecule has 2 rings (SSSR count). The minimum Gasteiger partial charge on any atom is -0.451 e. The number of esters is 1. The Bertz CT molecular complexity index is 621. The van der Waals surface area contributed by atoms with Gasteiger partial charge in [-0.05, 0) is 30.0 Å². The Morgan fingerprint density at radius 2 is 1.87 bits per heavy atom. The van der Waals surface area contributed by atoms with E-state index in [2.05, 4.69) is 24.1 Å². The molecule has 0 aliphatic heterocycles. The second-order valence-electron chi connectivity index (χ2n) is 5.82. The number of hydrogen-bond donors (Lipinski definition) is 2. The molecule has 2 N–H and O–H groups in total. The molecule has 0 aliphatic rings. The van der Waals surface area contributed by atoms with Gasteiger partial charge in [-0.2, -0.15) is 0 Å². The molecule has 0 bridgehead atoms. The van der Waals surface area contributed by atoms with E-state index in [9.17, 15) is 9.59 Å². The summed E-state index contributed by atoms with van der Waals surface area (Å²) in [5.41, 5.74) is 1.38. The van der Waals surface area contributed by atoms with Crippen molar-refractivity contribution in [2.24, 2.45) is 5.92 Å². The minimum absolute atomic E-state index is 0.0899. The second kappa shape index (κ2) is 8.17. The number of ether oxygens (including phenoxy) is 1. The Kier molecular flexibility index (Phi) is 5.97. The summed E-state index contributed by atoms with van der Waals surface area (Å²) in [5.74, 6) is -0.411. The quantitative estimate of drug-likeness (QED) is 0.772. The lowest BCUT2D eigenvalue weighted by Gasteiger charge is -2.21. The highest BCUT2D eigenvalue weighted by Gasteiger charge is 2.17. The minimum atomic E-state index is -0.537. The smallest absolute Gasteiger partial charge is 0.355 e. The van der Waals surface area contributed by atoms with Crippen molar-refractivity contribution in [1.82, 2.24) is 10.3 Å². The second-order valence-corrected chi connectivity index (χ2v) is 5.82. The molecule has 1 atom stereocenters. The van der Waals surface area contributed by atoms with E-state index in [0.29, 0.717) is 11.6 Å². The van der Waals surface area contributed by atoms with Gasteiger partial charge in [-0.15, -0.1) is 0 Å². The molecule has 1 aromatic heterocycles. The number of benzene rings is 1. The lowest BCUT2D eigenvalue weighted by Crippen LogP contribution is -2.33. The molecule has 0 saturated carbocycles. The summed E-state index contributed by atoms with van der Waals surface area (Å²) in [6.45, 7) is 3.92. The topological polar surface area (TPSA) is 71.2 Å². The maximum absolute atomic E-state index is 12.1. The molecule has 1 amide bonds. The molecule has 0 spiro atoms. The molecule has 0 fully saturated rings. The van der Waals surface area contributed by atoms with Crippen LogP contribution in [0.5, 0.6) is 0 Å². The van der Waals surface area contributed by atoms with Crippen molar-refractivity contribution in [3.8, 4) is 0 Å². The number of carbonyl (C=O) groups excluding carboxylic acids is 2. The largest absolute Gasteiger partial charge is 0.451 e. The summed E-state index contributed by atoms with van der Waals surface area (Å²) < 4.78 is 5.01. The van der Waals surface area contributed by atoms with Crippen LogP contribution in [0.4, 0.5) is 0 Å². The lowest BCUT2D eigenvalue weighted by atomic mass is 9.97. The van der Waals surface area contributed by atoms with Crippen molar-refractivity contribution in [2.45, 2.75) is 26.3 Å². The number of aromatic amines is 1. The van der Waals surface area contributed by atoms with Crippen LogP contribution in [0.15, 0.2) is 48.7 Å². The van der Waals surface area contributed by atoms with Gasteiger partial charge < -0.3 is 15.0 Å². The fraction of sp³-hybridized carbons (Fsp3) is 0.333. The maximum Gasteiger partial charge on any atom is 0.355 e. The fourth-order valence-corrected chi connectivity index (χ4v) is 2.34. The average Bonchev–Trinajstić information content (AvgIpc) is 3.07. The zero-order valence-electron chi connectivity index (χ0n) is 13.4. The van der Waals surface area contributed by atoms with E-state index in [1.807, 2.05) is 30.3 Å². The number of carbonyl (C=O) groups is 2. The molecule has 23 heavy (non-hydrogen) atoms. The van der Waals surface area contributed by atoms with Gasteiger partial charge in [0.05, 0.1) is 6.04 Å². The molecular weight excluding hydrogens is 292 g/mol. The van der Waals surface area contributed by atoms with Gasteiger partial charge in [0.1, 0.15) is 5.69 Å². The van der Waals surface area contributed by atoms with Crippen LogP contribution in [0.2, 0.25) is 0 Å². The fourth-order valence-electron chi connectivity index (χ4n) is 2.34. The predicted octanol–water partition coefficient (Wildman–Crippen LogP) is 3.08. The van der Waals surface area contributed by atoms with Crippen LogP contribution in [0.1, 0.15) is 42.4 Å². The summed E-state index contributed by atoms with van der Waals surface area (Å²) in [6, 6.07) is 13.0. The van der Waals surface area contributed by atoms with E-state index in [1.54, 1.807) is 18.3 Å². The number of H-pyrrole nitrogens is 1. The number of aromatic nitrogens is 1. The monoisotopic (exact) mass is 314 g/mol. The SMILES string of the molecule is CC(C)C[C@H](NC(=O)COC(=O)c1ccc[nH]1)c1ccccc1. The molecule has 0 aliphatic carbocycles. The first-order chi connectivity index (χ1) is 11.1. The van der Waals surface area contributed by atoms with E-state index in [-0.39, 0.29) is 18.6 Å². The summed E-state index contributed by atoms with van der Waals surface area (Å²) in [6.07, 6.45) is 2.45. The van der Waals surface area contributed by atoms with Crippen LogP contribution in [0, 0.1) is 5.92 Å². The summed E-state index contributed by atoms with van der Waals surface area (Å²) in [4.78, 5) is 26.5. The van der Waals surface area contributed by atoms with Crippen LogP contribution in [0.3, 0.4) is 0 Å². The van der Waals surface area contributed by atoms with Gasteiger partial charge in [-0.25, -0.2) is 4.79 Å². The zero-order chi connectivity index (χ0) is 16.7. The average molecular weight is 314 g/mol. The molecule has 5 heteroatoms. The summed E-state index contributed by atoms with van der Waals surface area (Å²) in [7, 11) is 0. The third-order valence-corrected chi connectivity index (χ3v) is 3.40. The van der Waals surface area contributed by atoms with Crippen molar-refractivity contribution in [3.05, 3.63) is 59.9 Å². The third kappa shape index (κ3) is 5.29. The summed E-state index contributed by atoms with van der Waals surface area (Å²) >= 11 is 0. The molecule has 1 aromatic carbocycles. The predicted molar refractivity (Wildman–Crippen MR) is 87.9 cm³/mol. The molecule has 1 heterocycles. The standard InChI is InChI=1S/C18H22N2O3/c1-13(2)11-16(14-7-4-3-5-8-14)20-17(21)12-23-18(22)15-9-6-10-19-15/h3-10,13,16,19H,11-12H2,1-2H3,(H,20,21)/t16-/m0/s1. The molecule has 2 aromatic rings. The highest BCUT2D eigenvalue weighted by molar-refractivity contribution is 5.89. The molecule has 122 valence electrons. The van der Waals surface area contributed by atoms with Gasteiger partial charge >= 0.3 is 5.97 Å². The first-order valence-corrected chi connectivity index (χ1v) is 7.71. The number of nitrogens with one attached hydrogen (secondary N) is 2. The van der Waals surface area contributed by atoms with Gasteiger partial charge in [0.2, 0.25) is 0 Å². The highest BCUT2D eigenvalue weighted by Crippen LogP contribution is 2.20. The van der Waals surface area contributed by atoms with E-state index in [4.69, 9.17) is 4.74 Å². The van der Waals surface area contributed by atoms with Crippen LogP contribution in [-0.4, -0.2) is 23.5 Å². The van der Waals surface area contributed by atoms with Crippen LogP contribution in [-0.2, 0) is 9.53 Å². The Balaban J connectivity index is 1.91. The molecule has 0 radical (unpaired) electrons. The number of rotatable bonds is 7. The highest BCUT2D eigenvalue weighted by atomic mass is 16.5. The van der Waals surface area contributed by atoms with Crippen molar-refractivity contribution in [3.63, 3.8) is 0 Å². The van der Waals surface area contributed by atoms with Gasteiger partial charge in [-0.1, -0.05) is 44.2 Å². The third-order valence-electron chi connectivity index (χ3n) is 3.40. The van der Waals surface area contributed by atoms with Crippen molar-refractivity contribution < 1.29 is 14.3 Å². The van der Waals surface area contributed by atoms with Crippen molar-refractivity contribution >= 4 is 11.9 Å². The van der Waals surface area contributed by atoms with Gasteiger partial charge in [-0.3, -0.25) is 4.79 Å². The normalized spacial score (nSPS) is 12.0. The van der Waals surface area contributed by atoms with Crippen molar-refractivity contribution in [1.29, 1.82) is 0 Å². The number of hydrogen-bond acceptors (Lipinski definition) is 3. The van der Waals surface area contributed by atoms with Gasteiger partial charge in [0.25, 0.3) is 5.91 Å². The van der Waals surface area contributed by atoms with E-state index in [0.717, 1.165) is 12.0 Å². The van der Waals surface area contributed by atoms with E-state index in [1.165, 1.54) is 0 Å². The van der Waals surface area contributed by atoms with Gasteiger partial charge in [0, 0.05) is 6.20 Å². The van der Waals surface area contributed by atoms with E-state index >= 15 is 0 Å². The Hall–Kier alpha value is -2.56. The van der Waals surface area contributed by atoms with Crippen LogP contribution < -0.4 is 5.32 Å². The molecule has 0 unspecified atom stereocenters. The maximum atomic E-state index is 12.1. The Morgan fingerprint density at radius 3 is 2.48 bits per heavy atom. The zero-order valence-corrected chi connectivity index (χ0v) is 13.4. The molecule has 0 saturated heterocycles. The summed E-state index contributed by atoms with van der Waals surface area (Å²) in [5, 5.41) is 2.94. The first kappa shape index (κ1) is 16.8. The lowest BCUT2D eigenvalue weighted by molar-refractivity contribution is -0.125. The first-order valence-electron chi connectivity index (χ1n) is 7.71. The van der Waals surface area contributed by atoms with E-state index < -0.39 is 5.97 Å².